The van der Waals surface area contributed by atoms with Gasteiger partial charge in [-0.15, -0.1) is 0 Å². The van der Waals surface area contributed by atoms with Crippen molar-refractivity contribution in [3.8, 4) is 0 Å². The third-order valence-electron chi connectivity index (χ3n) is 2.62. The van der Waals surface area contributed by atoms with Gasteiger partial charge in [-0.25, -0.2) is 0 Å². The third-order valence-corrected chi connectivity index (χ3v) is 2.62. The van der Waals surface area contributed by atoms with E-state index in [-0.39, 0.29) is 18.6 Å². The Kier molecular flexibility index (Phi) is 3.54. The second-order valence-electron chi connectivity index (χ2n) is 3.94. The molecule has 1 aliphatic heterocycles. The fourth-order valence-electron chi connectivity index (χ4n) is 1.73. The molecular weight excluding hydrogens is 206 g/mol. The highest BCUT2D eigenvalue weighted by molar-refractivity contribution is 5.76. The Labute approximate surface area is 94.2 Å². The average Bonchev–Trinajstić information content (AvgIpc) is 2.74. The van der Waals surface area contributed by atoms with Crippen molar-refractivity contribution in [1.82, 2.24) is 5.32 Å². The molecule has 0 aromatic heterocycles. The Hall–Kier alpha value is -1.39. The number of nitrogens with one attached hydrogen (secondary N) is 1. The number of benzene rings is 1. The SMILES string of the molecule is O=C(OCc1ccccc1)[C@@H]1C[C@@H](O)CN1. The molecule has 2 atom stereocenters. The maximum atomic E-state index is 11.6. The van der Waals surface area contributed by atoms with Crippen molar-refractivity contribution >= 4 is 5.97 Å². The van der Waals surface area contributed by atoms with E-state index < -0.39 is 6.10 Å². The van der Waals surface area contributed by atoms with E-state index in [4.69, 9.17) is 4.74 Å². The smallest absolute Gasteiger partial charge is 0.323 e. The lowest BCUT2D eigenvalue weighted by Crippen LogP contribution is -2.32. The predicted octanol–water partition coefficient (Wildman–Crippen LogP) is 0.453. The Morgan fingerprint density at radius 1 is 1.44 bits per heavy atom. The summed E-state index contributed by atoms with van der Waals surface area (Å²) in [7, 11) is 0. The van der Waals surface area contributed by atoms with Crippen LogP contribution in [0.3, 0.4) is 0 Å². The summed E-state index contributed by atoms with van der Waals surface area (Å²) in [5.41, 5.74) is 0.967. The summed E-state index contributed by atoms with van der Waals surface area (Å²) < 4.78 is 5.15. The number of rotatable bonds is 3. The molecule has 4 heteroatoms. The molecule has 0 saturated carbocycles. The van der Waals surface area contributed by atoms with Crippen LogP contribution in [-0.2, 0) is 16.1 Å². The molecule has 4 nitrogen and oxygen atoms in total. The van der Waals surface area contributed by atoms with Gasteiger partial charge in [-0.1, -0.05) is 30.3 Å². The summed E-state index contributed by atoms with van der Waals surface area (Å²) in [4.78, 5) is 11.6. The van der Waals surface area contributed by atoms with Crippen molar-refractivity contribution in [3.63, 3.8) is 0 Å². The highest BCUT2D eigenvalue weighted by Crippen LogP contribution is 2.09. The summed E-state index contributed by atoms with van der Waals surface area (Å²) in [6, 6.07) is 9.18. The van der Waals surface area contributed by atoms with Crippen LogP contribution in [0.25, 0.3) is 0 Å². The van der Waals surface area contributed by atoms with Crippen LogP contribution in [0.4, 0.5) is 0 Å². The van der Waals surface area contributed by atoms with E-state index in [0.717, 1.165) is 5.56 Å². The van der Waals surface area contributed by atoms with Crippen molar-refractivity contribution in [2.45, 2.75) is 25.2 Å². The molecule has 1 aromatic carbocycles. The number of carbonyl (C=O) groups is 1. The van der Waals surface area contributed by atoms with Crippen LogP contribution < -0.4 is 5.32 Å². The van der Waals surface area contributed by atoms with Crippen LogP contribution in [0, 0.1) is 0 Å². The number of esters is 1. The molecule has 0 radical (unpaired) electrons. The van der Waals surface area contributed by atoms with Crippen LogP contribution in [0.5, 0.6) is 0 Å². The van der Waals surface area contributed by atoms with Crippen molar-refractivity contribution in [2.24, 2.45) is 0 Å². The molecule has 0 spiro atoms. The maximum Gasteiger partial charge on any atom is 0.323 e. The summed E-state index contributed by atoms with van der Waals surface area (Å²) in [6.07, 6.45) is 0.00226. The van der Waals surface area contributed by atoms with Gasteiger partial charge in [0.2, 0.25) is 0 Å². The van der Waals surface area contributed by atoms with E-state index >= 15 is 0 Å². The number of β-amino-alcohol motifs (C(OH)–C–C–N with tert-alkyl or cyclic N) is 1. The molecule has 2 N–H and O–H groups in total. The second-order valence-corrected chi connectivity index (χ2v) is 3.94. The van der Waals surface area contributed by atoms with E-state index in [1.165, 1.54) is 0 Å². The monoisotopic (exact) mass is 221 g/mol. The zero-order valence-corrected chi connectivity index (χ0v) is 8.93. The highest BCUT2D eigenvalue weighted by Gasteiger charge is 2.29. The summed E-state index contributed by atoms with van der Waals surface area (Å²) in [5, 5.41) is 12.2. The first-order valence-electron chi connectivity index (χ1n) is 5.38. The number of aliphatic hydroxyl groups is 1. The van der Waals surface area contributed by atoms with Crippen molar-refractivity contribution < 1.29 is 14.6 Å². The van der Waals surface area contributed by atoms with E-state index in [1.54, 1.807) is 0 Å². The first-order chi connectivity index (χ1) is 7.75. The minimum absolute atomic E-state index is 0.286. The quantitative estimate of drug-likeness (QED) is 0.728. The minimum atomic E-state index is -0.436. The average molecular weight is 221 g/mol. The normalized spacial score (nSPS) is 24.3. The van der Waals surface area contributed by atoms with Crippen LogP contribution in [0.1, 0.15) is 12.0 Å². The molecule has 1 heterocycles. The van der Waals surface area contributed by atoms with Crippen molar-refractivity contribution in [1.29, 1.82) is 0 Å². The molecule has 1 aromatic rings. The van der Waals surface area contributed by atoms with Gasteiger partial charge in [0.05, 0.1) is 6.10 Å². The molecular formula is C12H15NO3. The van der Waals surface area contributed by atoms with Crippen molar-refractivity contribution in [3.05, 3.63) is 35.9 Å². The Morgan fingerprint density at radius 2 is 2.19 bits per heavy atom. The molecule has 86 valence electrons. The molecule has 0 amide bonds. The number of carbonyl (C=O) groups excluding carboxylic acids is 1. The first kappa shape index (κ1) is 11.1. The first-order valence-corrected chi connectivity index (χ1v) is 5.38. The van der Waals surface area contributed by atoms with Gasteiger partial charge in [0.15, 0.2) is 0 Å². The van der Waals surface area contributed by atoms with Gasteiger partial charge in [0.1, 0.15) is 12.6 Å². The van der Waals surface area contributed by atoms with Gasteiger partial charge in [0.25, 0.3) is 0 Å². The Bertz CT molecular complexity index is 353. The van der Waals surface area contributed by atoms with Gasteiger partial charge < -0.3 is 15.2 Å². The largest absolute Gasteiger partial charge is 0.460 e. The van der Waals surface area contributed by atoms with Crippen LogP contribution in [-0.4, -0.2) is 29.8 Å². The van der Waals surface area contributed by atoms with E-state index in [1.807, 2.05) is 30.3 Å². The number of hydrogen-bond acceptors (Lipinski definition) is 4. The van der Waals surface area contributed by atoms with Crippen molar-refractivity contribution in [2.75, 3.05) is 6.54 Å². The molecule has 1 fully saturated rings. The molecule has 16 heavy (non-hydrogen) atoms. The lowest BCUT2D eigenvalue weighted by molar-refractivity contribution is -0.147. The third kappa shape index (κ3) is 2.81. The van der Waals surface area contributed by atoms with Gasteiger partial charge >= 0.3 is 5.97 Å². The molecule has 1 aliphatic rings. The van der Waals surface area contributed by atoms with Gasteiger partial charge in [-0.2, -0.15) is 0 Å². The lowest BCUT2D eigenvalue weighted by Gasteiger charge is -2.10. The fraction of sp³-hybridized carbons (Fsp3) is 0.417. The minimum Gasteiger partial charge on any atom is -0.460 e. The van der Waals surface area contributed by atoms with Crippen LogP contribution in [0.2, 0.25) is 0 Å². The fourth-order valence-corrected chi connectivity index (χ4v) is 1.73. The highest BCUT2D eigenvalue weighted by atomic mass is 16.5. The zero-order valence-electron chi connectivity index (χ0n) is 8.93. The lowest BCUT2D eigenvalue weighted by atomic mass is 10.2. The molecule has 1 saturated heterocycles. The molecule has 2 rings (SSSR count). The zero-order chi connectivity index (χ0) is 11.4. The van der Waals surface area contributed by atoms with Gasteiger partial charge in [-0.3, -0.25) is 4.79 Å². The number of hydrogen-bond donors (Lipinski definition) is 2. The Morgan fingerprint density at radius 3 is 2.81 bits per heavy atom. The number of ether oxygens (including phenoxy) is 1. The second kappa shape index (κ2) is 5.09. The number of aliphatic hydroxyl groups excluding tert-OH is 1. The molecule has 0 unspecified atom stereocenters. The van der Waals surface area contributed by atoms with Gasteiger partial charge in [0, 0.05) is 13.0 Å². The van der Waals surface area contributed by atoms with E-state index in [9.17, 15) is 9.90 Å². The van der Waals surface area contributed by atoms with E-state index in [2.05, 4.69) is 5.32 Å². The summed E-state index contributed by atoms with van der Waals surface area (Å²) in [5.74, 6) is -0.291. The molecule has 0 aliphatic carbocycles. The predicted molar refractivity (Wildman–Crippen MR) is 58.7 cm³/mol. The summed E-state index contributed by atoms with van der Waals surface area (Å²) >= 11 is 0. The van der Waals surface area contributed by atoms with Crippen LogP contribution >= 0.6 is 0 Å². The standard InChI is InChI=1S/C12H15NO3/c14-10-6-11(13-7-10)12(15)16-8-9-4-2-1-3-5-9/h1-5,10-11,13-14H,6-8H2/t10-,11+/m1/s1. The van der Waals surface area contributed by atoms with Crippen LogP contribution in [0.15, 0.2) is 30.3 Å². The molecule has 0 bridgehead atoms. The maximum absolute atomic E-state index is 11.6. The van der Waals surface area contributed by atoms with E-state index in [0.29, 0.717) is 13.0 Å². The summed E-state index contributed by atoms with van der Waals surface area (Å²) in [6.45, 7) is 0.749. The Balaban J connectivity index is 1.80. The topological polar surface area (TPSA) is 58.6 Å². The van der Waals surface area contributed by atoms with Gasteiger partial charge in [-0.05, 0) is 5.56 Å².